The largest absolute Gasteiger partial charge is 0.368 e. The third kappa shape index (κ3) is 2.48. The van der Waals surface area contributed by atoms with Gasteiger partial charge in [0.15, 0.2) is 0 Å². The Bertz CT molecular complexity index is 735. The van der Waals surface area contributed by atoms with Gasteiger partial charge < -0.3 is 4.90 Å². The summed E-state index contributed by atoms with van der Waals surface area (Å²) in [4.78, 5) is 2.11. The van der Waals surface area contributed by atoms with Crippen LogP contribution >= 0.6 is 11.6 Å². The molecule has 0 amide bonds. The molecule has 0 atom stereocenters. The molecule has 1 aliphatic heterocycles. The summed E-state index contributed by atoms with van der Waals surface area (Å²) in [5, 5.41) is 8.50. The van der Waals surface area contributed by atoms with Crippen molar-refractivity contribution < 1.29 is 8.42 Å². The molecule has 0 bridgehead atoms. The van der Waals surface area contributed by atoms with Gasteiger partial charge in [-0.1, -0.05) is 11.6 Å². The second kappa shape index (κ2) is 4.91. The van der Waals surface area contributed by atoms with E-state index in [1.54, 1.807) is 6.20 Å². The fourth-order valence-electron chi connectivity index (χ4n) is 2.46. The summed E-state index contributed by atoms with van der Waals surface area (Å²) in [5.41, 5.74) is 1.82. The molecule has 3 rings (SSSR count). The van der Waals surface area contributed by atoms with Crippen LogP contribution in [-0.4, -0.2) is 55.4 Å². The van der Waals surface area contributed by atoms with Gasteiger partial charge in [0.05, 0.1) is 28.7 Å². The van der Waals surface area contributed by atoms with Crippen LogP contribution in [0.2, 0.25) is 5.02 Å². The van der Waals surface area contributed by atoms with Crippen molar-refractivity contribution in [3.05, 3.63) is 23.4 Å². The molecule has 0 aliphatic carbocycles. The normalized spacial score (nSPS) is 17.8. The molecule has 108 valence electrons. The fraction of sp³-hybridized carbons (Fsp3) is 0.417. The highest BCUT2D eigenvalue weighted by molar-refractivity contribution is 7.88. The first-order valence-electron chi connectivity index (χ1n) is 6.28. The third-order valence-electron chi connectivity index (χ3n) is 3.56. The quantitative estimate of drug-likeness (QED) is 0.907. The van der Waals surface area contributed by atoms with Crippen molar-refractivity contribution in [1.82, 2.24) is 14.5 Å². The standard InChI is InChI=1S/C12H15ClN4O2S/c1-20(18,19)17-4-2-16(3-5-17)12-6-9-8-14-15-11(9)7-10(12)13/h6-8H,2-5H2,1H3,(H,14,15). The van der Waals surface area contributed by atoms with E-state index in [1.807, 2.05) is 12.1 Å². The highest BCUT2D eigenvalue weighted by Crippen LogP contribution is 2.31. The number of hydrogen-bond acceptors (Lipinski definition) is 4. The zero-order valence-electron chi connectivity index (χ0n) is 11.0. The number of piperazine rings is 1. The minimum absolute atomic E-state index is 0.485. The van der Waals surface area contributed by atoms with Crippen LogP contribution in [-0.2, 0) is 10.0 Å². The van der Waals surface area contributed by atoms with Crippen LogP contribution in [0.3, 0.4) is 0 Å². The molecule has 6 nitrogen and oxygen atoms in total. The minimum atomic E-state index is -3.11. The van der Waals surface area contributed by atoms with Crippen LogP contribution in [0.4, 0.5) is 5.69 Å². The van der Waals surface area contributed by atoms with Gasteiger partial charge in [-0.25, -0.2) is 8.42 Å². The molecular weight excluding hydrogens is 300 g/mol. The maximum absolute atomic E-state index is 11.5. The molecule has 0 saturated carbocycles. The number of anilines is 1. The van der Waals surface area contributed by atoms with Gasteiger partial charge >= 0.3 is 0 Å². The van der Waals surface area contributed by atoms with E-state index in [0.29, 0.717) is 31.2 Å². The Labute approximate surface area is 122 Å². The average Bonchev–Trinajstić information content (AvgIpc) is 2.84. The molecular formula is C12H15ClN4O2S. The molecule has 0 radical (unpaired) electrons. The van der Waals surface area contributed by atoms with Crippen LogP contribution in [0.5, 0.6) is 0 Å². The van der Waals surface area contributed by atoms with Gasteiger partial charge in [0, 0.05) is 31.6 Å². The highest BCUT2D eigenvalue weighted by atomic mass is 35.5. The summed E-state index contributed by atoms with van der Waals surface area (Å²) >= 11 is 6.30. The molecule has 0 spiro atoms. The molecule has 1 fully saturated rings. The molecule has 1 aromatic heterocycles. The van der Waals surface area contributed by atoms with Crippen LogP contribution < -0.4 is 4.90 Å². The lowest BCUT2D eigenvalue weighted by Crippen LogP contribution is -2.48. The van der Waals surface area contributed by atoms with Gasteiger partial charge in [-0.3, -0.25) is 5.10 Å². The molecule has 1 N–H and O–H groups in total. The number of hydrogen-bond donors (Lipinski definition) is 1. The van der Waals surface area contributed by atoms with E-state index in [4.69, 9.17) is 11.6 Å². The highest BCUT2D eigenvalue weighted by Gasteiger charge is 2.24. The van der Waals surface area contributed by atoms with Crippen molar-refractivity contribution in [3.63, 3.8) is 0 Å². The zero-order valence-corrected chi connectivity index (χ0v) is 12.6. The Balaban J connectivity index is 1.84. The Morgan fingerprint density at radius 1 is 1.25 bits per heavy atom. The molecule has 1 saturated heterocycles. The van der Waals surface area contributed by atoms with Crippen LogP contribution in [0.15, 0.2) is 18.3 Å². The molecule has 20 heavy (non-hydrogen) atoms. The number of H-pyrrole nitrogens is 1. The predicted molar refractivity (Wildman–Crippen MR) is 79.7 cm³/mol. The van der Waals surface area contributed by atoms with E-state index in [2.05, 4.69) is 15.1 Å². The summed E-state index contributed by atoms with van der Waals surface area (Å²) in [6.07, 6.45) is 3.00. The monoisotopic (exact) mass is 314 g/mol. The van der Waals surface area contributed by atoms with Gasteiger partial charge in [-0.05, 0) is 12.1 Å². The number of sulfonamides is 1. The van der Waals surface area contributed by atoms with E-state index in [9.17, 15) is 8.42 Å². The number of fused-ring (bicyclic) bond motifs is 1. The van der Waals surface area contributed by atoms with Crippen molar-refractivity contribution in [3.8, 4) is 0 Å². The summed E-state index contributed by atoms with van der Waals surface area (Å²) in [6.45, 7) is 2.24. The van der Waals surface area contributed by atoms with Crippen molar-refractivity contribution in [2.24, 2.45) is 0 Å². The molecule has 8 heteroatoms. The van der Waals surface area contributed by atoms with E-state index < -0.39 is 10.0 Å². The average molecular weight is 315 g/mol. The van der Waals surface area contributed by atoms with E-state index in [0.717, 1.165) is 16.6 Å². The molecule has 2 heterocycles. The van der Waals surface area contributed by atoms with E-state index >= 15 is 0 Å². The number of rotatable bonds is 2. The first-order valence-corrected chi connectivity index (χ1v) is 8.50. The zero-order chi connectivity index (χ0) is 14.3. The lowest BCUT2D eigenvalue weighted by Gasteiger charge is -2.35. The van der Waals surface area contributed by atoms with Crippen molar-refractivity contribution in [1.29, 1.82) is 0 Å². The Kier molecular flexibility index (Phi) is 3.35. The molecule has 2 aromatic rings. The second-order valence-electron chi connectivity index (χ2n) is 4.91. The molecule has 1 aromatic carbocycles. The Morgan fingerprint density at radius 3 is 2.60 bits per heavy atom. The Hall–Kier alpha value is -1.31. The van der Waals surface area contributed by atoms with Crippen molar-refractivity contribution in [2.45, 2.75) is 0 Å². The predicted octanol–water partition coefficient (Wildman–Crippen LogP) is 1.30. The minimum Gasteiger partial charge on any atom is -0.368 e. The number of nitrogens with zero attached hydrogens (tertiary/aromatic N) is 3. The second-order valence-corrected chi connectivity index (χ2v) is 7.30. The van der Waals surface area contributed by atoms with Crippen LogP contribution in [0.25, 0.3) is 10.9 Å². The third-order valence-corrected chi connectivity index (χ3v) is 5.16. The summed E-state index contributed by atoms with van der Waals surface area (Å²) in [5.74, 6) is 0. The fourth-order valence-corrected chi connectivity index (χ4v) is 3.57. The number of aromatic amines is 1. The smallest absolute Gasteiger partial charge is 0.211 e. The summed E-state index contributed by atoms with van der Waals surface area (Å²) in [6, 6.07) is 3.83. The summed E-state index contributed by atoms with van der Waals surface area (Å²) in [7, 11) is -3.11. The van der Waals surface area contributed by atoms with Gasteiger partial charge in [0.1, 0.15) is 0 Å². The number of halogens is 1. The number of aromatic nitrogens is 2. The van der Waals surface area contributed by atoms with Gasteiger partial charge in [0.2, 0.25) is 10.0 Å². The summed E-state index contributed by atoms with van der Waals surface area (Å²) < 4.78 is 24.5. The lowest BCUT2D eigenvalue weighted by molar-refractivity contribution is 0.388. The molecule has 0 unspecified atom stereocenters. The van der Waals surface area contributed by atoms with Crippen LogP contribution in [0.1, 0.15) is 0 Å². The van der Waals surface area contributed by atoms with Crippen molar-refractivity contribution >= 4 is 38.2 Å². The van der Waals surface area contributed by atoms with Gasteiger partial charge in [0.25, 0.3) is 0 Å². The van der Waals surface area contributed by atoms with E-state index in [1.165, 1.54) is 10.6 Å². The first kappa shape index (κ1) is 13.7. The first-order chi connectivity index (χ1) is 9.45. The topological polar surface area (TPSA) is 69.3 Å². The lowest BCUT2D eigenvalue weighted by atomic mass is 10.2. The van der Waals surface area contributed by atoms with Crippen molar-refractivity contribution in [2.75, 3.05) is 37.3 Å². The van der Waals surface area contributed by atoms with Gasteiger partial charge in [-0.15, -0.1) is 0 Å². The molecule has 1 aliphatic rings. The number of benzene rings is 1. The SMILES string of the molecule is CS(=O)(=O)N1CCN(c2cc3cn[nH]c3cc2Cl)CC1. The number of nitrogens with one attached hydrogen (secondary N) is 1. The van der Waals surface area contributed by atoms with Crippen LogP contribution in [0, 0.1) is 0 Å². The maximum Gasteiger partial charge on any atom is 0.211 e. The Morgan fingerprint density at radius 2 is 1.95 bits per heavy atom. The maximum atomic E-state index is 11.5. The van der Waals surface area contributed by atoms with E-state index in [-0.39, 0.29) is 0 Å². The van der Waals surface area contributed by atoms with Gasteiger partial charge in [-0.2, -0.15) is 9.40 Å².